The Labute approximate surface area is 151 Å². The molecule has 1 atom stereocenters. The van der Waals surface area contributed by atoms with Crippen LogP contribution in [0.1, 0.15) is 63.9 Å². The number of benzene rings is 1. The van der Waals surface area contributed by atoms with Crippen LogP contribution in [-0.2, 0) is 14.8 Å². The third kappa shape index (κ3) is 5.54. The van der Waals surface area contributed by atoms with Crippen molar-refractivity contribution in [1.29, 1.82) is 0 Å². The maximum Gasteiger partial charge on any atom is 0.241 e. The molecule has 5 nitrogen and oxygen atoms in total. The predicted molar refractivity (Wildman–Crippen MR) is 99.9 cm³/mol. The number of sulfonamides is 1. The smallest absolute Gasteiger partial charge is 0.241 e. The molecule has 6 heteroatoms. The first-order valence-corrected chi connectivity index (χ1v) is 10.7. The highest BCUT2D eigenvalue weighted by molar-refractivity contribution is 7.89. The Hall–Kier alpha value is -1.40. The van der Waals surface area contributed by atoms with Crippen molar-refractivity contribution in [3.05, 3.63) is 29.8 Å². The Morgan fingerprint density at radius 3 is 2.24 bits per heavy atom. The molecule has 1 aromatic rings. The summed E-state index contributed by atoms with van der Waals surface area (Å²) >= 11 is 0. The van der Waals surface area contributed by atoms with E-state index in [1.54, 1.807) is 12.1 Å². The number of hydrogen-bond acceptors (Lipinski definition) is 3. The van der Waals surface area contributed by atoms with Crippen LogP contribution in [0.3, 0.4) is 0 Å². The second-order valence-electron chi connectivity index (χ2n) is 7.32. The zero-order chi connectivity index (χ0) is 18.4. The molecule has 2 rings (SSSR count). The highest BCUT2D eigenvalue weighted by Gasteiger charge is 2.26. The second-order valence-corrected chi connectivity index (χ2v) is 9.04. The van der Waals surface area contributed by atoms with Crippen molar-refractivity contribution in [3.63, 3.8) is 0 Å². The van der Waals surface area contributed by atoms with E-state index in [4.69, 9.17) is 0 Å². The van der Waals surface area contributed by atoms with Crippen LogP contribution in [0.25, 0.3) is 0 Å². The van der Waals surface area contributed by atoms with Gasteiger partial charge in [-0.15, -0.1) is 0 Å². The van der Waals surface area contributed by atoms with E-state index in [2.05, 4.69) is 10.0 Å². The van der Waals surface area contributed by atoms with Crippen LogP contribution in [-0.4, -0.2) is 27.4 Å². The van der Waals surface area contributed by atoms with Gasteiger partial charge >= 0.3 is 0 Å². The van der Waals surface area contributed by atoms with Gasteiger partial charge < -0.3 is 5.32 Å². The second kappa shape index (κ2) is 8.81. The molecule has 0 radical (unpaired) electrons. The maximum atomic E-state index is 12.6. The average molecular weight is 367 g/mol. The van der Waals surface area contributed by atoms with Crippen LogP contribution < -0.4 is 10.0 Å². The van der Waals surface area contributed by atoms with Gasteiger partial charge in [-0.05, 0) is 48.8 Å². The fourth-order valence-electron chi connectivity index (χ4n) is 3.46. The zero-order valence-electron chi connectivity index (χ0n) is 15.4. The molecule has 1 aliphatic rings. The number of nitrogens with one attached hydrogen (secondary N) is 2. The molecule has 2 N–H and O–H groups in total. The molecular formula is C19H30N2O3S. The van der Waals surface area contributed by atoms with Crippen molar-refractivity contribution in [2.45, 2.75) is 69.2 Å². The summed E-state index contributed by atoms with van der Waals surface area (Å²) in [7, 11) is -2.20. The first-order valence-electron chi connectivity index (χ1n) is 9.17. The Balaban J connectivity index is 2.13. The standard InChI is InChI=1S/C19H30N2O3S/c1-14(2)13-18(19(22)20-3)21-25(23,24)17-11-9-16(10-12-17)15-7-5-4-6-8-15/h9-12,14-15,18,21H,4-8,13H2,1-3H3,(H,20,22)/t18-/m1/s1. The fraction of sp³-hybridized carbons (Fsp3) is 0.632. The van der Waals surface area contributed by atoms with E-state index in [9.17, 15) is 13.2 Å². The van der Waals surface area contributed by atoms with E-state index < -0.39 is 16.1 Å². The van der Waals surface area contributed by atoms with E-state index in [-0.39, 0.29) is 16.7 Å². The molecule has 140 valence electrons. The summed E-state index contributed by atoms with van der Waals surface area (Å²) in [5, 5.41) is 2.53. The Morgan fingerprint density at radius 1 is 1.12 bits per heavy atom. The van der Waals surface area contributed by atoms with Gasteiger partial charge in [0.1, 0.15) is 6.04 Å². The van der Waals surface area contributed by atoms with Gasteiger partial charge in [-0.2, -0.15) is 4.72 Å². The third-order valence-corrected chi connectivity index (χ3v) is 6.32. The normalized spacial score (nSPS) is 17.4. The predicted octanol–water partition coefficient (Wildman–Crippen LogP) is 3.17. The molecule has 0 bridgehead atoms. The van der Waals surface area contributed by atoms with Gasteiger partial charge in [0.25, 0.3) is 0 Å². The first kappa shape index (κ1) is 19.9. The summed E-state index contributed by atoms with van der Waals surface area (Å²) in [4.78, 5) is 12.2. The average Bonchev–Trinajstić information content (AvgIpc) is 2.60. The minimum Gasteiger partial charge on any atom is -0.358 e. The molecule has 0 spiro atoms. The molecule has 1 saturated carbocycles. The summed E-state index contributed by atoms with van der Waals surface area (Å²) < 4.78 is 27.8. The topological polar surface area (TPSA) is 75.3 Å². The molecule has 1 aliphatic carbocycles. The Morgan fingerprint density at radius 2 is 1.72 bits per heavy atom. The van der Waals surface area contributed by atoms with Gasteiger partial charge in [-0.1, -0.05) is 45.2 Å². The van der Waals surface area contributed by atoms with Crippen LogP contribution in [0.5, 0.6) is 0 Å². The summed E-state index contributed by atoms with van der Waals surface area (Å²) in [6.45, 7) is 3.92. The van der Waals surface area contributed by atoms with Crippen LogP contribution in [0.2, 0.25) is 0 Å². The van der Waals surface area contributed by atoms with Crippen LogP contribution in [0.4, 0.5) is 0 Å². The number of carbonyl (C=O) groups excluding carboxylic acids is 1. The van der Waals surface area contributed by atoms with Gasteiger partial charge in [-0.3, -0.25) is 4.79 Å². The lowest BCUT2D eigenvalue weighted by atomic mass is 9.84. The summed E-state index contributed by atoms with van der Waals surface area (Å²) in [5.74, 6) is 0.438. The van der Waals surface area contributed by atoms with Gasteiger partial charge in [0.05, 0.1) is 4.90 Å². The highest BCUT2D eigenvalue weighted by Crippen LogP contribution is 2.32. The molecule has 25 heavy (non-hydrogen) atoms. The number of carbonyl (C=O) groups is 1. The van der Waals surface area contributed by atoms with E-state index in [0.29, 0.717) is 12.3 Å². The van der Waals surface area contributed by atoms with Crippen molar-refractivity contribution in [2.24, 2.45) is 5.92 Å². The van der Waals surface area contributed by atoms with Crippen LogP contribution in [0, 0.1) is 5.92 Å². The maximum absolute atomic E-state index is 12.6. The van der Waals surface area contributed by atoms with Crippen molar-refractivity contribution >= 4 is 15.9 Å². The number of hydrogen-bond donors (Lipinski definition) is 2. The zero-order valence-corrected chi connectivity index (χ0v) is 16.2. The molecular weight excluding hydrogens is 336 g/mol. The lowest BCUT2D eigenvalue weighted by Gasteiger charge is -2.22. The Kier molecular flexibility index (Phi) is 7.02. The van der Waals surface area contributed by atoms with Crippen LogP contribution >= 0.6 is 0 Å². The van der Waals surface area contributed by atoms with E-state index in [0.717, 1.165) is 0 Å². The van der Waals surface area contributed by atoms with Crippen LogP contribution in [0.15, 0.2) is 29.2 Å². The lowest BCUT2D eigenvalue weighted by Crippen LogP contribution is -2.46. The SMILES string of the molecule is CNC(=O)[C@@H](CC(C)C)NS(=O)(=O)c1ccc(C2CCCCC2)cc1. The number of likely N-dealkylation sites (N-methyl/N-ethyl adjacent to an activating group) is 1. The monoisotopic (exact) mass is 366 g/mol. The number of rotatable bonds is 7. The van der Waals surface area contributed by atoms with Crippen molar-refractivity contribution in [3.8, 4) is 0 Å². The highest BCUT2D eigenvalue weighted by atomic mass is 32.2. The quantitative estimate of drug-likeness (QED) is 0.778. The van der Waals surface area contributed by atoms with Gasteiger partial charge in [0.15, 0.2) is 0 Å². The molecule has 0 aliphatic heterocycles. The minimum absolute atomic E-state index is 0.207. The summed E-state index contributed by atoms with van der Waals surface area (Å²) in [6, 6.07) is 6.39. The number of amides is 1. The fourth-order valence-corrected chi connectivity index (χ4v) is 4.67. The molecule has 1 amide bonds. The Bertz CT molecular complexity index is 662. The summed E-state index contributed by atoms with van der Waals surface area (Å²) in [6.07, 6.45) is 6.60. The third-order valence-electron chi connectivity index (χ3n) is 4.83. The van der Waals surface area contributed by atoms with Crippen molar-refractivity contribution in [2.75, 3.05) is 7.05 Å². The van der Waals surface area contributed by atoms with Gasteiger partial charge in [0.2, 0.25) is 15.9 Å². The van der Waals surface area contributed by atoms with Crippen molar-refractivity contribution < 1.29 is 13.2 Å². The van der Waals surface area contributed by atoms with Crippen molar-refractivity contribution in [1.82, 2.24) is 10.0 Å². The summed E-state index contributed by atoms with van der Waals surface area (Å²) in [5.41, 5.74) is 1.21. The lowest BCUT2D eigenvalue weighted by molar-refractivity contribution is -0.122. The molecule has 1 aromatic carbocycles. The molecule has 0 saturated heterocycles. The molecule has 0 unspecified atom stereocenters. The molecule has 1 fully saturated rings. The van der Waals surface area contributed by atoms with E-state index in [1.165, 1.54) is 44.7 Å². The largest absolute Gasteiger partial charge is 0.358 e. The van der Waals surface area contributed by atoms with E-state index >= 15 is 0 Å². The van der Waals surface area contributed by atoms with Gasteiger partial charge in [0, 0.05) is 7.05 Å². The molecule has 0 heterocycles. The van der Waals surface area contributed by atoms with E-state index in [1.807, 2.05) is 26.0 Å². The molecule has 0 aromatic heterocycles. The minimum atomic E-state index is -3.72. The van der Waals surface area contributed by atoms with Gasteiger partial charge in [-0.25, -0.2) is 8.42 Å². The first-order chi connectivity index (χ1) is 11.8.